The lowest BCUT2D eigenvalue weighted by atomic mass is 10.1. The van der Waals surface area contributed by atoms with Crippen LogP contribution in [0.1, 0.15) is 25.3 Å². The van der Waals surface area contributed by atoms with Gasteiger partial charge in [-0.25, -0.2) is 0 Å². The summed E-state index contributed by atoms with van der Waals surface area (Å²) >= 11 is 0. The zero-order valence-corrected chi connectivity index (χ0v) is 19.2. The highest BCUT2D eigenvalue weighted by atomic mass is 16.5. The van der Waals surface area contributed by atoms with Crippen molar-refractivity contribution in [2.75, 3.05) is 45.7 Å². The number of carbonyl (C=O) groups excluding carboxylic acids is 2. The summed E-state index contributed by atoms with van der Waals surface area (Å²) in [5.74, 6) is 1.69. The van der Waals surface area contributed by atoms with Crippen molar-refractivity contribution in [3.05, 3.63) is 54.1 Å². The molecule has 2 aromatic rings. The molecule has 1 unspecified atom stereocenters. The second-order valence-electron chi connectivity index (χ2n) is 8.01. The van der Waals surface area contributed by atoms with Gasteiger partial charge in [-0.1, -0.05) is 12.1 Å². The van der Waals surface area contributed by atoms with E-state index in [1.54, 1.807) is 14.2 Å². The Morgan fingerprint density at radius 1 is 0.906 bits per heavy atom. The molecule has 1 aliphatic heterocycles. The molecule has 0 bridgehead atoms. The largest absolute Gasteiger partial charge is 0.497 e. The van der Waals surface area contributed by atoms with Gasteiger partial charge in [-0.15, -0.1) is 0 Å². The van der Waals surface area contributed by atoms with Gasteiger partial charge >= 0.3 is 0 Å². The van der Waals surface area contributed by atoms with Gasteiger partial charge in [0.2, 0.25) is 11.8 Å². The molecule has 32 heavy (non-hydrogen) atoms. The van der Waals surface area contributed by atoms with Gasteiger partial charge in [-0.3, -0.25) is 14.5 Å². The first-order valence-corrected chi connectivity index (χ1v) is 11.1. The molecule has 0 saturated carbocycles. The maximum absolute atomic E-state index is 12.7. The molecule has 7 heteroatoms. The first kappa shape index (κ1) is 23.6. The molecule has 0 aliphatic carbocycles. The molecule has 0 aromatic heterocycles. The highest BCUT2D eigenvalue weighted by molar-refractivity contribution is 5.94. The maximum atomic E-state index is 12.7. The van der Waals surface area contributed by atoms with Crippen molar-refractivity contribution in [1.29, 1.82) is 0 Å². The van der Waals surface area contributed by atoms with Crippen molar-refractivity contribution in [3.63, 3.8) is 0 Å². The molecule has 1 fully saturated rings. The summed E-state index contributed by atoms with van der Waals surface area (Å²) in [6, 6.07) is 14.9. The summed E-state index contributed by atoms with van der Waals surface area (Å²) in [4.78, 5) is 29.5. The van der Waals surface area contributed by atoms with Gasteiger partial charge in [-0.05, 0) is 61.7 Å². The van der Waals surface area contributed by atoms with E-state index in [1.165, 1.54) is 0 Å². The van der Waals surface area contributed by atoms with E-state index in [2.05, 4.69) is 10.2 Å². The number of carbonyl (C=O) groups is 2. The number of rotatable bonds is 8. The topological polar surface area (TPSA) is 71.1 Å². The van der Waals surface area contributed by atoms with Gasteiger partial charge in [0.15, 0.2) is 0 Å². The van der Waals surface area contributed by atoms with Gasteiger partial charge < -0.3 is 19.7 Å². The smallest absolute Gasteiger partial charge is 0.241 e. The number of benzene rings is 2. The standard InChI is InChI=1S/C25H33N3O4/c1-19(25(30)26-21-8-12-23(32-3)13-9-21)27-15-4-16-28(18-17-27)24(29)14-7-20-5-10-22(31-2)11-6-20/h5-6,8-13,19H,4,7,14-18H2,1-3H3,(H,26,30). The Morgan fingerprint density at radius 3 is 2.16 bits per heavy atom. The molecule has 172 valence electrons. The summed E-state index contributed by atoms with van der Waals surface area (Å²) in [6.07, 6.45) is 2.05. The maximum Gasteiger partial charge on any atom is 0.241 e. The van der Waals surface area contributed by atoms with E-state index in [0.717, 1.165) is 42.3 Å². The van der Waals surface area contributed by atoms with Gasteiger partial charge in [0.25, 0.3) is 0 Å². The Balaban J connectivity index is 1.47. The average molecular weight is 440 g/mol. The van der Waals surface area contributed by atoms with Crippen LogP contribution in [0.25, 0.3) is 0 Å². The number of hydrogen-bond acceptors (Lipinski definition) is 5. The quantitative estimate of drug-likeness (QED) is 0.684. The number of methoxy groups -OCH3 is 2. The van der Waals surface area contributed by atoms with E-state index in [0.29, 0.717) is 25.9 Å². The van der Waals surface area contributed by atoms with Gasteiger partial charge in [0.1, 0.15) is 11.5 Å². The molecule has 1 heterocycles. The second kappa shape index (κ2) is 11.5. The fraction of sp³-hybridized carbons (Fsp3) is 0.440. The van der Waals surface area contributed by atoms with Crippen LogP contribution in [-0.4, -0.2) is 68.1 Å². The summed E-state index contributed by atoms with van der Waals surface area (Å²) in [5, 5.41) is 2.97. The SMILES string of the molecule is COc1ccc(CCC(=O)N2CCCN(C(C)C(=O)Nc3ccc(OC)cc3)CC2)cc1. The molecule has 1 atom stereocenters. The first-order chi connectivity index (χ1) is 15.5. The Hall–Kier alpha value is -3.06. The van der Waals surface area contributed by atoms with Crippen molar-refractivity contribution in [2.24, 2.45) is 0 Å². The summed E-state index contributed by atoms with van der Waals surface area (Å²) in [5.41, 5.74) is 1.87. The minimum atomic E-state index is -0.272. The number of anilines is 1. The van der Waals surface area contributed by atoms with Crippen molar-refractivity contribution in [2.45, 2.75) is 32.2 Å². The lowest BCUT2D eigenvalue weighted by Gasteiger charge is -2.27. The fourth-order valence-corrected chi connectivity index (χ4v) is 3.86. The van der Waals surface area contributed by atoms with Crippen LogP contribution in [0, 0.1) is 0 Å². The first-order valence-electron chi connectivity index (χ1n) is 11.1. The molecule has 1 aliphatic rings. The number of aryl methyl sites for hydroxylation is 1. The van der Waals surface area contributed by atoms with E-state index in [4.69, 9.17) is 9.47 Å². The summed E-state index contributed by atoms with van der Waals surface area (Å²) < 4.78 is 10.3. The number of hydrogen-bond donors (Lipinski definition) is 1. The zero-order valence-electron chi connectivity index (χ0n) is 19.2. The molecular weight excluding hydrogens is 406 g/mol. The lowest BCUT2D eigenvalue weighted by Crippen LogP contribution is -2.44. The second-order valence-corrected chi connectivity index (χ2v) is 8.01. The Labute approximate surface area is 190 Å². The van der Waals surface area contributed by atoms with Crippen molar-refractivity contribution >= 4 is 17.5 Å². The Morgan fingerprint density at radius 2 is 1.53 bits per heavy atom. The number of nitrogens with one attached hydrogen (secondary N) is 1. The predicted octanol–water partition coefficient (Wildman–Crippen LogP) is 3.20. The number of amides is 2. The minimum Gasteiger partial charge on any atom is -0.497 e. The van der Waals surface area contributed by atoms with Crippen LogP contribution in [0.4, 0.5) is 5.69 Å². The van der Waals surface area contributed by atoms with Crippen LogP contribution >= 0.6 is 0 Å². The van der Waals surface area contributed by atoms with Crippen molar-refractivity contribution < 1.29 is 19.1 Å². The summed E-state index contributed by atoms with van der Waals surface area (Å²) in [7, 11) is 3.26. The highest BCUT2D eigenvalue weighted by Gasteiger charge is 2.25. The van der Waals surface area contributed by atoms with E-state index in [1.807, 2.05) is 60.4 Å². The fourth-order valence-electron chi connectivity index (χ4n) is 3.86. The summed E-state index contributed by atoms with van der Waals surface area (Å²) in [6.45, 7) is 4.76. The molecule has 1 N–H and O–H groups in total. The average Bonchev–Trinajstić information content (AvgIpc) is 3.09. The molecule has 2 amide bonds. The van der Waals surface area contributed by atoms with Gasteiger partial charge in [-0.2, -0.15) is 0 Å². The molecule has 2 aromatic carbocycles. The molecule has 3 rings (SSSR count). The van der Waals surface area contributed by atoms with E-state index < -0.39 is 0 Å². The number of nitrogens with zero attached hydrogens (tertiary/aromatic N) is 2. The predicted molar refractivity (Wildman–Crippen MR) is 125 cm³/mol. The number of ether oxygens (including phenoxy) is 2. The lowest BCUT2D eigenvalue weighted by molar-refractivity contribution is -0.131. The van der Waals surface area contributed by atoms with E-state index in [9.17, 15) is 9.59 Å². The van der Waals surface area contributed by atoms with Crippen LogP contribution < -0.4 is 14.8 Å². The van der Waals surface area contributed by atoms with Gasteiger partial charge in [0.05, 0.1) is 20.3 Å². The van der Waals surface area contributed by atoms with Crippen LogP contribution in [0.5, 0.6) is 11.5 Å². The Kier molecular flexibility index (Phi) is 8.50. The van der Waals surface area contributed by atoms with Gasteiger partial charge in [0, 0.05) is 38.3 Å². The van der Waals surface area contributed by atoms with E-state index >= 15 is 0 Å². The third-order valence-corrected chi connectivity index (χ3v) is 5.95. The van der Waals surface area contributed by atoms with Crippen LogP contribution in [0.2, 0.25) is 0 Å². The minimum absolute atomic E-state index is 0.0468. The van der Waals surface area contributed by atoms with Crippen molar-refractivity contribution in [1.82, 2.24) is 9.80 Å². The molecule has 7 nitrogen and oxygen atoms in total. The highest BCUT2D eigenvalue weighted by Crippen LogP contribution is 2.17. The monoisotopic (exact) mass is 439 g/mol. The molecular formula is C25H33N3O4. The Bertz CT molecular complexity index is 883. The van der Waals surface area contributed by atoms with E-state index in [-0.39, 0.29) is 17.9 Å². The third kappa shape index (κ3) is 6.47. The van der Waals surface area contributed by atoms with Crippen LogP contribution in [0.3, 0.4) is 0 Å². The zero-order chi connectivity index (χ0) is 22.9. The normalized spacial score (nSPS) is 15.5. The van der Waals surface area contributed by atoms with Crippen molar-refractivity contribution in [3.8, 4) is 11.5 Å². The van der Waals surface area contributed by atoms with Crippen LogP contribution in [-0.2, 0) is 16.0 Å². The van der Waals surface area contributed by atoms with Crippen LogP contribution in [0.15, 0.2) is 48.5 Å². The molecule has 1 saturated heterocycles. The molecule has 0 radical (unpaired) electrons. The molecule has 0 spiro atoms. The third-order valence-electron chi connectivity index (χ3n) is 5.95.